The standard InChI is InChI=1S/C9H11NO5/c1-10(5-8(11)12)9(13)15-6-7-3-2-4-14-7/h2-4H,5-6H2,1H3,(H,11,12). The average Bonchev–Trinajstić information content (AvgIpc) is 2.65. The number of hydrogen-bond donors (Lipinski definition) is 1. The lowest BCUT2D eigenvalue weighted by atomic mass is 10.5. The zero-order chi connectivity index (χ0) is 11.3. The van der Waals surface area contributed by atoms with Crippen molar-refractivity contribution in [1.82, 2.24) is 4.90 Å². The highest BCUT2D eigenvalue weighted by Gasteiger charge is 2.13. The Morgan fingerprint density at radius 1 is 1.60 bits per heavy atom. The van der Waals surface area contributed by atoms with Crippen molar-refractivity contribution in [2.45, 2.75) is 6.61 Å². The van der Waals surface area contributed by atoms with E-state index in [0.717, 1.165) is 4.90 Å². The molecule has 1 aromatic rings. The molecule has 0 unspecified atom stereocenters. The van der Waals surface area contributed by atoms with Gasteiger partial charge in [-0.3, -0.25) is 4.79 Å². The summed E-state index contributed by atoms with van der Waals surface area (Å²) in [4.78, 5) is 22.4. The number of carbonyl (C=O) groups is 2. The van der Waals surface area contributed by atoms with Crippen LogP contribution in [0.4, 0.5) is 4.79 Å². The first kappa shape index (κ1) is 11.1. The minimum absolute atomic E-state index is 0.00417. The van der Waals surface area contributed by atoms with Crippen molar-refractivity contribution in [3.05, 3.63) is 24.2 Å². The van der Waals surface area contributed by atoms with E-state index in [1.54, 1.807) is 12.1 Å². The van der Waals surface area contributed by atoms with Crippen molar-refractivity contribution in [3.63, 3.8) is 0 Å². The van der Waals surface area contributed by atoms with E-state index in [0.29, 0.717) is 5.76 Å². The largest absolute Gasteiger partial charge is 0.480 e. The molecule has 15 heavy (non-hydrogen) atoms. The quantitative estimate of drug-likeness (QED) is 0.804. The summed E-state index contributed by atoms with van der Waals surface area (Å²) < 4.78 is 9.71. The van der Waals surface area contributed by atoms with E-state index in [1.165, 1.54) is 13.3 Å². The molecule has 6 nitrogen and oxygen atoms in total. The van der Waals surface area contributed by atoms with Crippen LogP contribution in [0.2, 0.25) is 0 Å². The summed E-state index contributed by atoms with van der Waals surface area (Å²) in [6.45, 7) is -0.396. The van der Waals surface area contributed by atoms with Crippen LogP contribution in [0.3, 0.4) is 0 Å². The van der Waals surface area contributed by atoms with Crippen LogP contribution >= 0.6 is 0 Å². The van der Waals surface area contributed by atoms with E-state index >= 15 is 0 Å². The highest BCUT2D eigenvalue weighted by atomic mass is 16.6. The molecule has 6 heteroatoms. The topological polar surface area (TPSA) is 80.0 Å². The molecule has 0 atom stereocenters. The number of amides is 1. The molecular weight excluding hydrogens is 202 g/mol. The molecule has 1 rings (SSSR count). The molecule has 0 saturated carbocycles. The Kier molecular flexibility index (Phi) is 3.73. The Balaban J connectivity index is 2.32. The molecule has 0 saturated heterocycles. The number of ether oxygens (including phenoxy) is 1. The maximum atomic E-state index is 11.2. The predicted octanol–water partition coefficient (Wildman–Crippen LogP) is 0.933. The normalized spacial score (nSPS) is 9.67. The maximum Gasteiger partial charge on any atom is 0.410 e. The lowest BCUT2D eigenvalue weighted by Gasteiger charge is -2.13. The molecule has 1 heterocycles. The smallest absolute Gasteiger partial charge is 0.410 e. The first-order valence-electron chi connectivity index (χ1n) is 4.21. The Hall–Kier alpha value is -1.98. The fourth-order valence-corrected chi connectivity index (χ4v) is 0.905. The number of nitrogens with zero attached hydrogens (tertiary/aromatic N) is 1. The summed E-state index contributed by atoms with van der Waals surface area (Å²) in [5, 5.41) is 8.42. The third-order valence-electron chi connectivity index (χ3n) is 1.60. The minimum Gasteiger partial charge on any atom is -0.480 e. The second-order valence-electron chi connectivity index (χ2n) is 2.88. The van der Waals surface area contributed by atoms with Crippen molar-refractivity contribution in [2.24, 2.45) is 0 Å². The molecule has 0 aliphatic heterocycles. The van der Waals surface area contributed by atoms with Crippen molar-refractivity contribution >= 4 is 12.1 Å². The Morgan fingerprint density at radius 2 is 2.33 bits per heavy atom. The molecule has 0 fully saturated rings. The minimum atomic E-state index is -1.09. The lowest BCUT2D eigenvalue weighted by Crippen LogP contribution is -2.32. The molecule has 82 valence electrons. The summed E-state index contributed by atoms with van der Waals surface area (Å²) in [5.74, 6) is -0.584. The van der Waals surface area contributed by atoms with Crippen LogP contribution in [0, 0.1) is 0 Å². The zero-order valence-corrected chi connectivity index (χ0v) is 8.17. The lowest BCUT2D eigenvalue weighted by molar-refractivity contribution is -0.137. The van der Waals surface area contributed by atoms with Gasteiger partial charge in [0.2, 0.25) is 0 Å². The van der Waals surface area contributed by atoms with E-state index in [9.17, 15) is 9.59 Å². The second-order valence-corrected chi connectivity index (χ2v) is 2.88. The molecule has 0 spiro atoms. The summed E-state index contributed by atoms with van der Waals surface area (Å²) >= 11 is 0. The van der Waals surface area contributed by atoms with Gasteiger partial charge in [-0.05, 0) is 12.1 Å². The third-order valence-corrected chi connectivity index (χ3v) is 1.60. The maximum absolute atomic E-state index is 11.2. The van der Waals surface area contributed by atoms with Gasteiger partial charge in [-0.1, -0.05) is 0 Å². The predicted molar refractivity (Wildman–Crippen MR) is 49.2 cm³/mol. The van der Waals surface area contributed by atoms with Crippen LogP contribution < -0.4 is 0 Å². The van der Waals surface area contributed by atoms with Crippen LogP contribution in [0.5, 0.6) is 0 Å². The summed E-state index contributed by atoms with van der Waals surface area (Å²) in [6.07, 6.45) is 0.762. The van der Waals surface area contributed by atoms with E-state index in [1.807, 2.05) is 0 Å². The van der Waals surface area contributed by atoms with Crippen LogP contribution in [-0.2, 0) is 16.1 Å². The number of carboxylic acids is 1. The molecule has 0 aliphatic rings. The molecule has 1 N–H and O–H groups in total. The van der Waals surface area contributed by atoms with Gasteiger partial charge in [0.15, 0.2) is 6.61 Å². The van der Waals surface area contributed by atoms with Gasteiger partial charge in [0.05, 0.1) is 6.26 Å². The molecule has 0 aliphatic carbocycles. The van der Waals surface area contributed by atoms with E-state index in [-0.39, 0.29) is 6.61 Å². The molecule has 0 aromatic carbocycles. The highest BCUT2D eigenvalue weighted by Crippen LogP contribution is 2.03. The summed E-state index contributed by atoms with van der Waals surface area (Å²) in [5.41, 5.74) is 0. The number of hydrogen-bond acceptors (Lipinski definition) is 4. The van der Waals surface area contributed by atoms with Gasteiger partial charge in [0.1, 0.15) is 12.3 Å². The van der Waals surface area contributed by atoms with Crippen LogP contribution in [0.25, 0.3) is 0 Å². The zero-order valence-electron chi connectivity index (χ0n) is 8.17. The van der Waals surface area contributed by atoms with Gasteiger partial charge >= 0.3 is 12.1 Å². The van der Waals surface area contributed by atoms with Crippen molar-refractivity contribution < 1.29 is 23.8 Å². The Bertz CT molecular complexity index is 332. The number of carboxylic acid groups (broad SMARTS) is 1. The summed E-state index contributed by atoms with van der Waals surface area (Å²) in [6, 6.07) is 3.33. The van der Waals surface area contributed by atoms with Gasteiger partial charge in [-0.25, -0.2) is 4.79 Å². The number of carbonyl (C=O) groups excluding carboxylic acids is 1. The summed E-state index contributed by atoms with van der Waals surface area (Å²) in [7, 11) is 1.35. The van der Waals surface area contributed by atoms with Gasteiger partial charge < -0.3 is 19.2 Å². The van der Waals surface area contributed by atoms with Gasteiger partial charge in [-0.2, -0.15) is 0 Å². The SMILES string of the molecule is CN(CC(=O)O)C(=O)OCc1ccco1. The van der Waals surface area contributed by atoms with Crippen molar-refractivity contribution in [3.8, 4) is 0 Å². The van der Waals surface area contributed by atoms with Crippen molar-refractivity contribution in [1.29, 1.82) is 0 Å². The van der Waals surface area contributed by atoms with Crippen LogP contribution in [0.1, 0.15) is 5.76 Å². The number of likely N-dealkylation sites (N-methyl/N-ethyl adjacent to an activating group) is 1. The van der Waals surface area contributed by atoms with Gasteiger partial charge in [0.25, 0.3) is 0 Å². The van der Waals surface area contributed by atoms with Crippen LogP contribution in [0.15, 0.2) is 22.8 Å². The third kappa shape index (κ3) is 3.72. The molecule has 1 aromatic heterocycles. The number of rotatable bonds is 4. The second kappa shape index (κ2) is 5.04. The number of aliphatic carboxylic acids is 1. The van der Waals surface area contributed by atoms with E-state index in [4.69, 9.17) is 14.3 Å². The van der Waals surface area contributed by atoms with E-state index < -0.39 is 18.6 Å². The van der Waals surface area contributed by atoms with Crippen LogP contribution in [-0.4, -0.2) is 35.7 Å². The molecule has 0 bridgehead atoms. The fraction of sp³-hybridized carbons (Fsp3) is 0.333. The molecular formula is C9H11NO5. The first-order chi connectivity index (χ1) is 7.09. The first-order valence-corrected chi connectivity index (χ1v) is 4.21. The fourth-order valence-electron chi connectivity index (χ4n) is 0.905. The molecule has 0 radical (unpaired) electrons. The van der Waals surface area contributed by atoms with Crippen molar-refractivity contribution in [2.75, 3.05) is 13.6 Å². The molecule has 1 amide bonds. The Morgan fingerprint density at radius 3 is 2.87 bits per heavy atom. The van der Waals surface area contributed by atoms with Gasteiger partial charge in [0, 0.05) is 7.05 Å². The van der Waals surface area contributed by atoms with Gasteiger partial charge in [-0.15, -0.1) is 0 Å². The number of furan rings is 1. The van der Waals surface area contributed by atoms with E-state index in [2.05, 4.69) is 0 Å². The monoisotopic (exact) mass is 213 g/mol. The average molecular weight is 213 g/mol. The highest BCUT2D eigenvalue weighted by molar-refractivity contribution is 5.76. The Labute approximate surface area is 86.0 Å².